The predicted molar refractivity (Wildman–Crippen MR) is 78.7 cm³/mol. The third-order valence-electron chi connectivity index (χ3n) is 3.72. The minimum Gasteiger partial charge on any atom is -0.465 e. The van der Waals surface area contributed by atoms with Crippen LogP contribution < -0.4 is 5.32 Å². The van der Waals surface area contributed by atoms with E-state index in [9.17, 15) is 13.2 Å². The predicted octanol–water partition coefficient (Wildman–Crippen LogP) is 0.764. The summed E-state index contributed by atoms with van der Waals surface area (Å²) in [7, 11) is -2.34. The zero-order chi connectivity index (χ0) is 15.6. The maximum atomic E-state index is 12.8. The van der Waals surface area contributed by atoms with Crippen molar-refractivity contribution in [2.24, 2.45) is 0 Å². The molecule has 1 aromatic carbocycles. The van der Waals surface area contributed by atoms with Crippen molar-refractivity contribution in [3.05, 3.63) is 29.3 Å². The topological polar surface area (TPSA) is 75.7 Å². The second kappa shape index (κ2) is 6.13. The summed E-state index contributed by atoms with van der Waals surface area (Å²) in [6.45, 7) is 5.16. The van der Waals surface area contributed by atoms with E-state index in [1.54, 1.807) is 19.1 Å². The first-order valence-electron chi connectivity index (χ1n) is 6.80. The van der Waals surface area contributed by atoms with E-state index in [1.165, 1.54) is 17.5 Å². The molecule has 116 valence electrons. The van der Waals surface area contributed by atoms with Gasteiger partial charge in [-0.05, 0) is 31.5 Å². The molecule has 1 saturated heterocycles. The van der Waals surface area contributed by atoms with E-state index < -0.39 is 16.0 Å². The number of ether oxygens (including phenoxy) is 1. The molecule has 1 aromatic rings. The Balaban J connectivity index is 2.47. The van der Waals surface area contributed by atoms with Gasteiger partial charge in [0.05, 0.1) is 17.6 Å². The average molecular weight is 312 g/mol. The van der Waals surface area contributed by atoms with Crippen molar-refractivity contribution in [1.29, 1.82) is 0 Å². The number of carbonyl (C=O) groups excluding carboxylic acids is 1. The van der Waals surface area contributed by atoms with Gasteiger partial charge in [0, 0.05) is 25.7 Å². The van der Waals surface area contributed by atoms with Crippen LogP contribution in [0.3, 0.4) is 0 Å². The summed E-state index contributed by atoms with van der Waals surface area (Å²) in [5.74, 6) is -0.530. The molecule has 0 bridgehead atoms. The van der Waals surface area contributed by atoms with Crippen LogP contribution in [0.4, 0.5) is 0 Å². The van der Waals surface area contributed by atoms with Gasteiger partial charge in [-0.2, -0.15) is 4.31 Å². The lowest BCUT2D eigenvalue weighted by atomic mass is 10.1. The standard InChI is InChI=1S/C14H20N2O4S/c1-10-9-15-7-8-16(10)21(18,19)13-6-4-5-12(11(13)2)14(17)20-3/h4-6,10,15H,7-9H2,1-3H3. The second-order valence-electron chi connectivity index (χ2n) is 5.09. The third-order valence-corrected chi connectivity index (χ3v) is 5.87. The zero-order valence-electron chi connectivity index (χ0n) is 12.4. The molecule has 0 saturated carbocycles. The largest absolute Gasteiger partial charge is 0.465 e. The molecule has 0 amide bonds. The lowest BCUT2D eigenvalue weighted by molar-refractivity contribution is 0.0599. The van der Waals surface area contributed by atoms with Crippen molar-refractivity contribution in [3.63, 3.8) is 0 Å². The molecule has 0 spiro atoms. The van der Waals surface area contributed by atoms with Crippen LogP contribution in [-0.2, 0) is 14.8 Å². The van der Waals surface area contributed by atoms with Gasteiger partial charge in [-0.15, -0.1) is 0 Å². The van der Waals surface area contributed by atoms with Crippen LogP contribution in [0.25, 0.3) is 0 Å². The van der Waals surface area contributed by atoms with Crippen LogP contribution in [0, 0.1) is 6.92 Å². The summed E-state index contributed by atoms with van der Waals surface area (Å²) in [6, 6.07) is 4.55. The van der Waals surface area contributed by atoms with Gasteiger partial charge >= 0.3 is 5.97 Å². The minimum atomic E-state index is -3.62. The molecule has 2 rings (SSSR count). The monoisotopic (exact) mass is 312 g/mol. The maximum absolute atomic E-state index is 12.8. The summed E-state index contributed by atoms with van der Waals surface area (Å²) in [4.78, 5) is 11.9. The molecule has 1 unspecified atom stereocenters. The van der Waals surface area contributed by atoms with Crippen molar-refractivity contribution in [1.82, 2.24) is 9.62 Å². The molecular formula is C14H20N2O4S. The van der Waals surface area contributed by atoms with Gasteiger partial charge in [-0.1, -0.05) is 6.07 Å². The van der Waals surface area contributed by atoms with E-state index in [1.807, 2.05) is 6.92 Å². The molecule has 1 aliphatic rings. The van der Waals surface area contributed by atoms with Gasteiger partial charge in [0.25, 0.3) is 0 Å². The van der Waals surface area contributed by atoms with Gasteiger partial charge in [-0.3, -0.25) is 0 Å². The van der Waals surface area contributed by atoms with Crippen molar-refractivity contribution in [2.75, 3.05) is 26.7 Å². The fraction of sp³-hybridized carbons (Fsp3) is 0.500. The van der Waals surface area contributed by atoms with Crippen molar-refractivity contribution < 1.29 is 17.9 Å². The van der Waals surface area contributed by atoms with Crippen molar-refractivity contribution in [3.8, 4) is 0 Å². The fourth-order valence-corrected chi connectivity index (χ4v) is 4.41. The number of sulfonamides is 1. The van der Waals surface area contributed by atoms with E-state index in [0.717, 1.165) is 0 Å². The number of piperazine rings is 1. The highest BCUT2D eigenvalue weighted by molar-refractivity contribution is 7.89. The fourth-order valence-electron chi connectivity index (χ4n) is 2.53. The molecule has 1 fully saturated rings. The number of nitrogens with one attached hydrogen (secondary N) is 1. The lowest BCUT2D eigenvalue weighted by Gasteiger charge is -2.33. The molecule has 1 atom stereocenters. The number of benzene rings is 1. The van der Waals surface area contributed by atoms with Crippen molar-refractivity contribution in [2.45, 2.75) is 24.8 Å². The summed E-state index contributed by atoms with van der Waals surface area (Å²) < 4.78 is 31.8. The zero-order valence-corrected chi connectivity index (χ0v) is 13.2. The first-order valence-corrected chi connectivity index (χ1v) is 8.24. The van der Waals surface area contributed by atoms with Crippen LogP contribution in [0.15, 0.2) is 23.1 Å². The molecule has 0 radical (unpaired) electrons. The average Bonchev–Trinajstić information content (AvgIpc) is 2.46. The summed E-state index contributed by atoms with van der Waals surface area (Å²) in [5, 5.41) is 3.16. The van der Waals surface area contributed by atoms with Gasteiger partial charge in [0.15, 0.2) is 0 Å². The molecular weight excluding hydrogens is 292 g/mol. The smallest absolute Gasteiger partial charge is 0.338 e. The molecule has 6 nitrogen and oxygen atoms in total. The first-order chi connectivity index (χ1) is 9.89. The number of rotatable bonds is 3. The quantitative estimate of drug-likeness (QED) is 0.834. The van der Waals surface area contributed by atoms with E-state index in [2.05, 4.69) is 5.32 Å². The Morgan fingerprint density at radius 1 is 1.43 bits per heavy atom. The Morgan fingerprint density at radius 3 is 2.76 bits per heavy atom. The van der Waals surface area contributed by atoms with E-state index >= 15 is 0 Å². The molecule has 0 aromatic heterocycles. The van der Waals surface area contributed by atoms with Gasteiger partial charge in [0.1, 0.15) is 0 Å². The van der Waals surface area contributed by atoms with E-state index in [-0.39, 0.29) is 16.5 Å². The first kappa shape index (κ1) is 15.9. The van der Waals surface area contributed by atoms with Crippen LogP contribution >= 0.6 is 0 Å². The van der Waals surface area contributed by atoms with Crippen LogP contribution in [0.1, 0.15) is 22.8 Å². The Kier molecular flexibility index (Phi) is 4.65. The molecule has 1 N–H and O–H groups in total. The highest BCUT2D eigenvalue weighted by Crippen LogP contribution is 2.25. The molecule has 0 aliphatic carbocycles. The number of carbonyl (C=O) groups is 1. The molecule has 1 heterocycles. The second-order valence-corrected chi connectivity index (χ2v) is 6.95. The third kappa shape index (κ3) is 2.95. The van der Waals surface area contributed by atoms with Crippen LogP contribution in [-0.4, -0.2) is 51.5 Å². The number of hydrogen-bond acceptors (Lipinski definition) is 5. The lowest BCUT2D eigenvalue weighted by Crippen LogP contribution is -2.52. The maximum Gasteiger partial charge on any atom is 0.338 e. The Labute approximate surface area is 125 Å². The number of nitrogens with zero attached hydrogens (tertiary/aromatic N) is 1. The highest BCUT2D eigenvalue weighted by Gasteiger charge is 2.32. The number of esters is 1. The normalized spacial score (nSPS) is 20.2. The summed E-state index contributed by atoms with van der Waals surface area (Å²) in [5.41, 5.74) is 0.705. The van der Waals surface area contributed by atoms with Gasteiger partial charge in [-0.25, -0.2) is 13.2 Å². The Hall–Kier alpha value is -1.44. The minimum absolute atomic E-state index is 0.120. The Morgan fingerprint density at radius 2 is 2.14 bits per heavy atom. The van der Waals surface area contributed by atoms with E-state index in [4.69, 9.17) is 4.74 Å². The van der Waals surface area contributed by atoms with Crippen LogP contribution in [0.2, 0.25) is 0 Å². The number of methoxy groups -OCH3 is 1. The van der Waals surface area contributed by atoms with Crippen LogP contribution in [0.5, 0.6) is 0 Å². The molecule has 1 aliphatic heterocycles. The van der Waals surface area contributed by atoms with E-state index in [0.29, 0.717) is 25.2 Å². The Bertz CT molecular complexity index is 642. The molecule has 7 heteroatoms. The number of hydrogen-bond donors (Lipinski definition) is 1. The molecule has 21 heavy (non-hydrogen) atoms. The van der Waals surface area contributed by atoms with Gasteiger partial charge < -0.3 is 10.1 Å². The highest BCUT2D eigenvalue weighted by atomic mass is 32.2. The summed E-state index contributed by atoms with van der Waals surface area (Å²) in [6.07, 6.45) is 0. The SMILES string of the molecule is COC(=O)c1cccc(S(=O)(=O)N2CCNCC2C)c1C. The summed E-state index contributed by atoms with van der Waals surface area (Å²) >= 11 is 0. The van der Waals surface area contributed by atoms with Crippen molar-refractivity contribution >= 4 is 16.0 Å². The van der Waals surface area contributed by atoms with Gasteiger partial charge in [0.2, 0.25) is 10.0 Å².